The number of aryl methyl sites for hydroxylation is 2. The first kappa shape index (κ1) is 14.2. The first-order valence-electron chi connectivity index (χ1n) is 5.91. The lowest BCUT2D eigenvalue weighted by Crippen LogP contribution is -2.38. The number of alkyl halides is 1. The highest BCUT2D eigenvalue weighted by Gasteiger charge is 2.18. The average molecular weight is 298 g/mol. The third kappa shape index (κ3) is 3.56. The van der Waals surface area contributed by atoms with E-state index in [0.29, 0.717) is 0 Å². The molecule has 0 aliphatic carbocycles. The van der Waals surface area contributed by atoms with Crippen LogP contribution in [0.5, 0.6) is 0 Å². The summed E-state index contributed by atoms with van der Waals surface area (Å²) in [6.07, 6.45) is 0. The smallest absolute Gasteiger partial charge is 0.254 e. The van der Waals surface area contributed by atoms with E-state index in [4.69, 9.17) is 0 Å². The summed E-state index contributed by atoms with van der Waals surface area (Å²) in [7, 11) is 0. The third-order valence-corrected chi connectivity index (χ3v) is 3.32. The van der Waals surface area contributed by atoms with E-state index in [0.717, 1.165) is 17.4 Å². The van der Waals surface area contributed by atoms with Gasteiger partial charge in [0.05, 0.1) is 0 Å². The van der Waals surface area contributed by atoms with Crippen molar-refractivity contribution in [3.8, 4) is 0 Å². The Morgan fingerprint density at radius 3 is 2.41 bits per heavy atom. The maximum absolute atomic E-state index is 12.3. The Bertz CT molecular complexity index is 401. The highest BCUT2D eigenvalue weighted by atomic mass is 79.9. The van der Waals surface area contributed by atoms with Gasteiger partial charge >= 0.3 is 0 Å². The first-order chi connectivity index (χ1) is 7.97. The molecule has 0 bridgehead atoms. The van der Waals surface area contributed by atoms with Crippen molar-refractivity contribution in [2.75, 3.05) is 11.9 Å². The standard InChI is InChI=1S/C14H20BrNO/c1-10(2)16(8-7-15)14(17)13-6-5-11(3)12(4)9-13/h5-6,9-10H,7-8H2,1-4H3. The second-order valence-corrected chi connectivity index (χ2v) is 5.37. The van der Waals surface area contributed by atoms with E-state index in [1.54, 1.807) is 0 Å². The zero-order chi connectivity index (χ0) is 13.0. The van der Waals surface area contributed by atoms with Gasteiger partial charge in [0, 0.05) is 23.5 Å². The van der Waals surface area contributed by atoms with E-state index in [9.17, 15) is 4.79 Å². The molecule has 0 aliphatic heterocycles. The van der Waals surface area contributed by atoms with Gasteiger partial charge in [0.15, 0.2) is 0 Å². The summed E-state index contributed by atoms with van der Waals surface area (Å²) in [5.74, 6) is 0.113. The molecule has 2 nitrogen and oxygen atoms in total. The van der Waals surface area contributed by atoms with Crippen LogP contribution in [0.25, 0.3) is 0 Å². The van der Waals surface area contributed by atoms with Crippen LogP contribution in [0, 0.1) is 13.8 Å². The van der Waals surface area contributed by atoms with E-state index in [1.165, 1.54) is 11.1 Å². The van der Waals surface area contributed by atoms with Crippen LogP contribution < -0.4 is 0 Å². The van der Waals surface area contributed by atoms with Crippen LogP contribution in [0.4, 0.5) is 0 Å². The molecule has 0 fully saturated rings. The Morgan fingerprint density at radius 2 is 1.94 bits per heavy atom. The molecular formula is C14H20BrNO. The van der Waals surface area contributed by atoms with Crippen molar-refractivity contribution in [3.05, 3.63) is 34.9 Å². The van der Waals surface area contributed by atoms with Crippen molar-refractivity contribution in [3.63, 3.8) is 0 Å². The Labute approximate surface area is 112 Å². The number of carbonyl (C=O) groups excluding carboxylic acids is 1. The van der Waals surface area contributed by atoms with Crippen LogP contribution in [0.3, 0.4) is 0 Å². The van der Waals surface area contributed by atoms with E-state index < -0.39 is 0 Å². The predicted molar refractivity (Wildman–Crippen MR) is 75.9 cm³/mol. The Kier molecular flexibility index (Phi) is 5.19. The molecule has 1 rings (SSSR count). The largest absolute Gasteiger partial charge is 0.335 e. The summed E-state index contributed by atoms with van der Waals surface area (Å²) < 4.78 is 0. The van der Waals surface area contributed by atoms with Crippen LogP contribution >= 0.6 is 15.9 Å². The fourth-order valence-electron chi connectivity index (χ4n) is 1.73. The van der Waals surface area contributed by atoms with Crippen molar-refractivity contribution in [1.29, 1.82) is 0 Å². The lowest BCUT2D eigenvalue weighted by molar-refractivity contribution is 0.0719. The number of benzene rings is 1. The summed E-state index contributed by atoms with van der Waals surface area (Å²) in [4.78, 5) is 14.2. The summed E-state index contributed by atoms with van der Waals surface area (Å²) in [5.41, 5.74) is 3.17. The molecule has 0 saturated heterocycles. The Balaban J connectivity index is 2.97. The summed E-state index contributed by atoms with van der Waals surface area (Å²) >= 11 is 3.39. The number of rotatable bonds is 4. The van der Waals surface area contributed by atoms with Gasteiger partial charge in [0.2, 0.25) is 0 Å². The number of nitrogens with zero attached hydrogens (tertiary/aromatic N) is 1. The second-order valence-electron chi connectivity index (χ2n) is 4.58. The van der Waals surface area contributed by atoms with Gasteiger partial charge in [-0.05, 0) is 51.0 Å². The second kappa shape index (κ2) is 6.20. The predicted octanol–water partition coefficient (Wildman–Crippen LogP) is 3.55. The minimum atomic E-state index is 0.113. The molecule has 94 valence electrons. The quantitative estimate of drug-likeness (QED) is 0.778. The van der Waals surface area contributed by atoms with Crippen LogP contribution in [-0.4, -0.2) is 28.7 Å². The molecule has 3 heteroatoms. The molecule has 0 heterocycles. The molecule has 17 heavy (non-hydrogen) atoms. The molecule has 1 amide bonds. The number of hydrogen-bond acceptors (Lipinski definition) is 1. The topological polar surface area (TPSA) is 20.3 Å². The molecule has 1 aromatic rings. The lowest BCUT2D eigenvalue weighted by Gasteiger charge is -2.26. The lowest BCUT2D eigenvalue weighted by atomic mass is 10.1. The summed E-state index contributed by atoms with van der Waals surface area (Å²) in [5, 5.41) is 0.807. The van der Waals surface area contributed by atoms with Gasteiger partial charge in [0.1, 0.15) is 0 Å². The van der Waals surface area contributed by atoms with Crippen LogP contribution in [0.1, 0.15) is 35.3 Å². The summed E-state index contributed by atoms with van der Waals surface area (Å²) in [6.45, 7) is 8.92. The molecule has 0 aromatic heterocycles. The van der Waals surface area contributed by atoms with Crippen molar-refractivity contribution < 1.29 is 4.79 Å². The van der Waals surface area contributed by atoms with Crippen molar-refractivity contribution in [1.82, 2.24) is 4.90 Å². The van der Waals surface area contributed by atoms with Gasteiger partial charge in [0.25, 0.3) is 5.91 Å². The minimum absolute atomic E-state index is 0.113. The van der Waals surface area contributed by atoms with E-state index in [1.807, 2.05) is 43.9 Å². The van der Waals surface area contributed by atoms with Gasteiger partial charge in [-0.1, -0.05) is 22.0 Å². The van der Waals surface area contributed by atoms with Gasteiger partial charge in [-0.25, -0.2) is 0 Å². The molecule has 0 aliphatic rings. The van der Waals surface area contributed by atoms with Crippen molar-refractivity contribution >= 4 is 21.8 Å². The van der Waals surface area contributed by atoms with Gasteiger partial charge in [-0.15, -0.1) is 0 Å². The van der Waals surface area contributed by atoms with Crippen LogP contribution in [-0.2, 0) is 0 Å². The molecule has 0 saturated carbocycles. The number of amides is 1. The highest BCUT2D eigenvalue weighted by molar-refractivity contribution is 9.09. The third-order valence-electron chi connectivity index (χ3n) is 2.96. The monoisotopic (exact) mass is 297 g/mol. The molecule has 0 N–H and O–H groups in total. The van der Waals surface area contributed by atoms with Crippen LogP contribution in [0.2, 0.25) is 0 Å². The maximum Gasteiger partial charge on any atom is 0.254 e. The summed E-state index contributed by atoms with van der Waals surface area (Å²) in [6, 6.07) is 6.12. The molecular weight excluding hydrogens is 278 g/mol. The maximum atomic E-state index is 12.3. The number of carbonyl (C=O) groups is 1. The highest BCUT2D eigenvalue weighted by Crippen LogP contribution is 2.13. The van der Waals surface area contributed by atoms with Gasteiger partial charge < -0.3 is 4.90 Å². The molecule has 0 atom stereocenters. The first-order valence-corrected chi connectivity index (χ1v) is 7.03. The minimum Gasteiger partial charge on any atom is -0.335 e. The van der Waals surface area contributed by atoms with Crippen LogP contribution in [0.15, 0.2) is 18.2 Å². The Hall–Kier alpha value is -0.830. The SMILES string of the molecule is Cc1ccc(C(=O)N(CCBr)C(C)C)cc1C. The average Bonchev–Trinajstić information content (AvgIpc) is 2.28. The zero-order valence-corrected chi connectivity index (χ0v) is 12.5. The van der Waals surface area contributed by atoms with Crippen molar-refractivity contribution in [2.24, 2.45) is 0 Å². The van der Waals surface area contributed by atoms with Gasteiger partial charge in [-0.3, -0.25) is 4.79 Å². The Morgan fingerprint density at radius 1 is 1.29 bits per heavy atom. The van der Waals surface area contributed by atoms with Crippen molar-refractivity contribution in [2.45, 2.75) is 33.7 Å². The fourth-order valence-corrected chi connectivity index (χ4v) is 2.11. The molecule has 0 radical (unpaired) electrons. The number of halogens is 1. The van der Waals surface area contributed by atoms with Gasteiger partial charge in [-0.2, -0.15) is 0 Å². The van der Waals surface area contributed by atoms with E-state index in [2.05, 4.69) is 22.9 Å². The fraction of sp³-hybridized carbons (Fsp3) is 0.500. The molecule has 0 unspecified atom stereocenters. The number of hydrogen-bond donors (Lipinski definition) is 0. The molecule has 1 aromatic carbocycles. The van der Waals surface area contributed by atoms with E-state index >= 15 is 0 Å². The van der Waals surface area contributed by atoms with E-state index in [-0.39, 0.29) is 11.9 Å². The molecule has 0 spiro atoms. The zero-order valence-electron chi connectivity index (χ0n) is 11.0. The normalized spacial score (nSPS) is 10.7.